The summed E-state index contributed by atoms with van der Waals surface area (Å²) in [5, 5.41) is 0. The molecule has 1 saturated carbocycles. The Hall–Kier alpha value is 3.42. The quantitative estimate of drug-likeness (QED) is 0.219. The summed E-state index contributed by atoms with van der Waals surface area (Å²) in [5.41, 5.74) is 0. The van der Waals surface area contributed by atoms with E-state index in [1.807, 2.05) is 0 Å². The van der Waals surface area contributed by atoms with Gasteiger partial charge < -0.3 is 11.8 Å². The Morgan fingerprint density at radius 1 is 1.11 bits per heavy atom. The van der Waals surface area contributed by atoms with Gasteiger partial charge in [-0.15, -0.1) is 0 Å². The van der Waals surface area contributed by atoms with E-state index in [-0.39, 0.29) is 33.4 Å². The average Bonchev–Trinajstić information content (AvgIpc) is 2.71. The summed E-state index contributed by atoms with van der Waals surface area (Å²) in [4.78, 5) is 1.96. The van der Waals surface area contributed by atoms with E-state index in [0.29, 0.717) is 0 Å². The Labute approximate surface area is 167 Å². The van der Waals surface area contributed by atoms with Crippen LogP contribution in [0.4, 0.5) is 0 Å². The molecule has 1 heterocycles. The monoisotopic (exact) mass is 799 g/mol. The van der Waals surface area contributed by atoms with Crippen molar-refractivity contribution in [2.75, 3.05) is 13.1 Å². The van der Waals surface area contributed by atoms with Gasteiger partial charge in [0.2, 0.25) is 0 Å². The van der Waals surface area contributed by atoms with Crippen molar-refractivity contribution in [2.45, 2.75) is 34.1 Å². The SMILES string of the molecule is C.[CH2-]C.[CH2-]N1CC2CCC(C)C2C1.[I][V]([I])[I].[W+2]. The van der Waals surface area contributed by atoms with Crippen molar-refractivity contribution in [3.8, 4) is 0 Å². The van der Waals surface area contributed by atoms with E-state index in [9.17, 15) is 0 Å². The third-order valence-corrected chi connectivity index (χ3v) is 3.29. The van der Waals surface area contributed by atoms with Gasteiger partial charge in [0.25, 0.3) is 0 Å². The van der Waals surface area contributed by atoms with Gasteiger partial charge in [-0.25, -0.2) is 0 Å². The molecule has 1 aliphatic carbocycles. The fourth-order valence-electron chi connectivity index (χ4n) is 2.63. The molecule has 18 heavy (non-hydrogen) atoms. The molecule has 0 aromatic rings. The van der Waals surface area contributed by atoms with Crippen molar-refractivity contribution in [3.05, 3.63) is 14.0 Å². The second-order valence-corrected chi connectivity index (χ2v) is 39.6. The molecule has 0 radical (unpaired) electrons. The topological polar surface area (TPSA) is 3.24 Å². The maximum absolute atomic E-state index is 3.99. The van der Waals surface area contributed by atoms with Crippen molar-refractivity contribution < 1.29 is 26.0 Å². The molecule has 6 heteroatoms. The van der Waals surface area contributed by atoms with Crippen LogP contribution in [0.1, 0.15) is 34.1 Å². The Morgan fingerprint density at radius 2 is 1.56 bits per heavy atom. The van der Waals surface area contributed by atoms with E-state index in [1.54, 1.807) is 6.92 Å². The van der Waals surface area contributed by atoms with Crippen LogP contribution in [0, 0.1) is 31.7 Å². The molecule has 0 bridgehead atoms. The Bertz CT molecular complexity index is 184. The van der Waals surface area contributed by atoms with Gasteiger partial charge in [0, 0.05) is 0 Å². The van der Waals surface area contributed by atoms with E-state index in [2.05, 4.69) is 85.7 Å². The van der Waals surface area contributed by atoms with E-state index in [1.165, 1.54) is 25.9 Å². The van der Waals surface area contributed by atoms with Gasteiger partial charge in [-0.1, -0.05) is 20.8 Å². The molecular formula is C12H25I3NVW. The molecule has 2 fully saturated rings. The largest absolute Gasteiger partial charge is 2.00 e. The molecule has 1 saturated heterocycles. The van der Waals surface area contributed by atoms with Crippen LogP contribution in [-0.4, -0.2) is 18.0 Å². The molecule has 0 N–H and O–H groups in total. The van der Waals surface area contributed by atoms with Gasteiger partial charge in [0.1, 0.15) is 0 Å². The Kier molecular flexibility index (Phi) is 22.4. The van der Waals surface area contributed by atoms with Crippen molar-refractivity contribution in [1.29, 1.82) is 0 Å². The van der Waals surface area contributed by atoms with Crippen molar-refractivity contribution in [1.82, 2.24) is 4.90 Å². The van der Waals surface area contributed by atoms with E-state index < -0.39 is 0 Å². The molecule has 110 valence electrons. The van der Waals surface area contributed by atoms with Crippen LogP contribution in [0.15, 0.2) is 0 Å². The van der Waals surface area contributed by atoms with Crippen molar-refractivity contribution in [2.24, 2.45) is 17.8 Å². The predicted molar refractivity (Wildman–Crippen MR) is 102 cm³/mol. The van der Waals surface area contributed by atoms with Gasteiger partial charge in [-0.05, 0) is 37.3 Å². The smallest absolute Gasteiger partial charge is 2.00 e. The van der Waals surface area contributed by atoms with E-state index in [4.69, 9.17) is 0 Å². The van der Waals surface area contributed by atoms with Crippen LogP contribution >= 0.6 is 59.9 Å². The van der Waals surface area contributed by atoms with Crippen LogP contribution in [0.3, 0.4) is 0 Å². The maximum Gasteiger partial charge on any atom is 2.00 e. The van der Waals surface area contributed by atoms with Gasteiger partial charge in [-0.3, -0.25) is 7.05 Å². The standard InChI is InChI=1S/C9H16N.C2H5.CH4.3HI.V.W/c1-7-3-4-8-5-10(2)6-9(7)8;1-2;;;;;;/h7-9H,2-6H2,1H3;1H2,2H3;1H4;3*1H;;/q2*-1;;;;;+3;+2/p-3. The van der Waals surface area contributed by atoms with Crippen LogP contribution in [0.25, 0.3) is 0 Å². The minimum atomic E-state index is -0.278. The number of likely N-dealkylation sites (tertiary alicyclic amines) is 1. The molecule has 1 nitrogen and oxygen atoms in total. The van der Waals surface area contributed by atoms with Gasteiger partial charge in [0.15, 0.2) is 0 Å². The van der Waals surface area contributed by atoms with Crippen LogP contribution in [0.5, 0.6) is 0 Å². The third kappa shape index (κ3) is 11.1. The zero-order valence-electron chi connectivity index (χ0n) is 10.4. The molecule has 0 aromatic heterocycles. The molecule has 2 rings (SSSR count). The molecule has 0 aromatic carbocycles. The number of fused-ring (bicyclic) bond motifs is 1. The van der Waals surface area contributed by atoms with Gasteiger partial charge in [0.05, 0.1) is 0 Å². The summed E-state index contributed by atoms with van der Waals surface area (Å²) in [6, 6.07) is 0. The third-order valence-electron chi connectivity index (χ3n) is 3.29. The zero-order chi connectivity index (χ0) is 12.7. The maximum atomic E-state index is 3.99. The zero-order valence-corrected chi connectivity index (χ0v) is 21.2. The normalized spacial score (nSPS) is 29.0. The summed E-state index contributed by atoms with van der Waals surface area (Å²) < 4.78 is 0. The molecular weight excluding hydrogens is 774 g/mol. The average molecular weight is 799 g/mol. The summed E-state index contributed by atoms with van der Waals surface area (Å²) in [6.07, 6.45) is 2.92. The first-order valence-corrected chi connectivity index (χ1v) is 19.1. The number of nitrogens with zero attached hydrogens (tertiary/aromatic N) is 1. The first kappa shape index (κ1) is 26.3. The summed E-state index contributed by atoms with van der Waals surface area (Å²) >= 11 is 7.39. The summed E-state index contributed by atoms with van der Waals surface area (Å²) in [6.45, 7) is 9.91. The molecule has 0 spiro atoms. The molecule has 0 amide bonds. The Morgan fingerprint density at radius 3 is 1.94 bits per heavy atom. The second-order valence-electron chi connectivity index (χ2n) is 4.21. The molecule has 1 aliphatic heterocycles. The molecule has 3 atom stereocenters. The fourth-order valence-corrected chi connectivity index (χ4v) is 2.63. The summed E-state index contributed by atoms with van der Waals surface area (Å²) in [5.74, 6) is 2.95. The summed E-state index contributed by atoms with van der Waals surface area (Å²) in [7, 11) is 3.99. The van der Waals surface area contributed by atoms with Crippen molar-refractivity contribution in [3.63, 3.8) is 0 Å². The van der Waals surface area contributed by atoms with Crippen LogP contribution < -0.4 is 0 Å². The number of rotatable bonds is 0. The first-order chi connectivity index (χ1) is 7.50. The number of hydrogen-bond donors (Lipinski definition) is 0. The van der Waals surface area contributed by atoms with Crippen LogP contribution in [-0.2, 0) is 26.0 Å². The van der Waals surface area contributed by atoms with E-state index in [0.717, 1.165) is 17.8 Å². The predicted octanol–water partition coefficient (Wildman–Crippen LogP) is 5.88. The molecule has 3 unspecified atom stereocenters. The first-order valence-electron chi connectivity index (χ1n) is 5.54. The van der Waals surface area contributed by atoms with Gasteiger partial charge >= 0.3 is 85.9 Å². The number of halogens is 3. The Balaban J connectivity index is -0.000000248. The minimum absolute atomic E-state index is 0. The fraction of sp³-hybridized carbons (Fsp3) is 0.833. The number of hydrogen-bond acceptors (Lipinski definition) is 1. The second kappa shape index (κ2) is 15.3. The van der Waals surface area contributed by atoms with Crippen molar-refractivity contribution >= 4 is 59.9 Å². The minimum Gasteiger partial charge on any atom is 2.00 e. The van der Waals surface area contributed by atoms with E-state index >= 15 is 0 Å². The van der Waals surface area contributed by atoms with Gasteiger partial charge in [-0.2, -0.15) is 6.92 Å². The molecule has 2 aliphatic rings. The van der Waals surface area contributed by atoms with Crippen LogP contribution in [0.2, 0.25) is 0 Å².